The lowest BCUT2D eigenvalue weighted by Gasteiger charge is -2.00. The summed E-state index contributed by atoms with van der Waals surface area (Å²) in [6.07, 6.45) is 1.41. The van der Waals surface area contributed by atoms with E-state index < -0.39 is 0 Å². The Hall–Kier alpha value is -1.23. The molecule has 0 saturated heterocycles. The highest BCUT2D eigenvalue weighted by Crippen LogP contribution is 1.98. The van der Waals surface area contributed by atoms with Crippen LogP contribution in [0.2, 0.25) is 0 Å². The van der Waals surface area contributed by atoms with Crippen molar-refractivity contribution in [2.45, 2.75) is 20.5 Å². The van der Waals surface area contributed by atoms with Gasteiger partial charge in [-0.05, 0) is 0 Å². The molecule has 0 saturated carbocycles. The molecule has 0 unspecified atom stereocenters. The van der Waals surface area contributed by atoms with Gasteiger partial charge in [0.1, 0.15) is 12.9 Å². The average Bonchev–Trinajstić information content (AvgIpc) is 2.52. The van der Waals surface area contributed by atoms with Crippen molar-refractivity contribution in [2.75, 3.05) is 7.11 Å². The molecule has 72 valence electrons. The Labute approximate surface area is 76.7 Å². The van der Waals surface area contributed by atoms with Crippen molar-refractivity contribution < 1.29 is 9.53 Å². The number of hydrogen-bond acceptors (Lipinski definition) is 4. The fourth-order valence-electron chi connectivity index (χ4n) is 0.863. The first-order valence-electron chi connectivity index (χ1n) is 4.09. The molecule has 0 radical (unpaired) electrons. The second-order valence-electron chi connectivity index (χ2n) is 3.03. The van der Waals surface area contributed by atoms with Crippen LogP contribution in [-0.4, -0.2) is 27.8 Å². The van der Waals surface area contributed by atoms with E-state index in [1.165, 1.54) is 11.0 Å². The third-order valence-corrected chi connectivity index (χ3v) is 1.53. The molecule has 0 N–H and O–H groups in total. The van der Waals surface area contributed by atoms with Crippen LogP contribution in [0, 0.1) is 5.92 Å². The zero-order chi connectivity index (χ0) is 9.84. The maximum Gasteiger partial charge on any atom is 0.250 e. The summed E-state index contributed by atoms with van der Waals surface area (Å²) in [7, 11) is 1.56. The summed E-state index contributed by atoms with van der Waals surface area (Å²) in [6, 6.07) is 0. The molecule has 0 atom stereocenters. The van der Waals surface area contributed by atoms with Crippen LogP contribution in [0.5, 0.6) is 0 Å². The molecule has 5 nitrogen and oxygen atoms in total. The van der Waals surface area contributed by atoms with Crippen LogP contribution < -0.4 is 0 Å². The fraction of sp³-hybridized carbons (Fsp3) is 0.625. The molecule has 0 aliphatic heterocycles. The summed E-state index contributed by atoms with van der Waals surface area (Å²) in [5.74, 6) is 0.392. The molecular formula is C8H13N3O2. The SMILES string of the molecule is COCc1ncn(C(=O)C(C)C)n1. The van der Waals surface area contributed by atoms with E-state index in [0.29, 0.717) is 12.4 Å². The van der Waals surface area contributed by atoms with Crippen molar-refractivity contribution in [3.63, 3.8) is 0 Å². The maximum atomic E-state index is 11.4. The van der Waals surface area contributed by atoms with Crippen molar-refractivity contribution in [3.05, 3.63) is 12.2 Å². The van der Waals surface area contributed by atoms with Gasteiger partial charge in [0, 0.05) is 13.0 Å². The molecule has 0 amide bonds. The van der Waals surface area contributed by atoms with E-state index in [4.69, 9.17) is 4.74 Å². The summed E-state index contributed by atoms with van der Waals surface area (Å²) in [4.78, 5) is 15.3. The minimum Gasteiger partial charge on any atom is -0.377 e. The van der Waals surface area contributed by atoms with Crippen LogP contribution in [0.4, 0.5) is 0 Å². The smallest absolute Gasteiger partial charge is 0.250 e. The van der Waals surface area contributed by atoms with Gasteiger partial charge in [-0.15, -0.1) is 5.10 Å². The van der Waals surface area contributed by atoms with Gasteiger partial charge in [-0.25, -0.2) is 4.98 Å². The zero-order valence-electron chi connectivity index (χ0n) is 8.02. The standard InChI is InChI=1S/C8H13N3O2/c1-6(2)8(12)11-5-9-7(10-11)4-13-3/h5-6H,4H2,1-3H3. The van der Waals surface area contributed by atoms with Gasteiger partial charge in [-0.2, -0.15) is 4.68 Å². The van der Waals surface area contributed by atoms with E-state index in [0.717, 1.165) is 0 Å². The van der Waals surface area contributed by atoms with Gasteiger partial charge in [0.2, 0.25) is 0 Å². The Morgan fingerprint density at radius 2 is 2.38 bits per heavy atom. The minimum atomic E-state index is -0.0721. The third kappa shape index (κ3) is 2.35. The van der Waals surface area contributed by atoms with Crippen LogP contribution in [0.15, 0.2) is 6.33 Å². The van der Waals surface area contributed by atoms with Gasteiger partial charge in [0.05, 0.1) is 0 Å². The van der Waals surface area contributed by atoms with Gasteiger partial charge in [-0.3, -0.25) is 4.79 Å². The molecule has 5 heteroatoms. The molecule has 1 heterocycles. The summed E-state index contributed by atoms with van der Waals surface area (Å²) >= 11 is 0. The third-order valence-electron chi connectivity index (χ3n) is 1.53. The zero-order valence-corrected chi connectivity index (χ0v) is 8.02. The number of carbonyl (C=O) groups is 1. The quantitative estimate of drug-likeness (QED) is 0.692. The van der Waals surface area contributed by atoms with Crippen molar-refractivity contribution in [1.29, 1.82) is 0 Å². The minimum absolute atomic E-state index is 0.0603. The summed E-state index contributed by atoms with van der Waals surface area (Å²) in [6.45, 7) is 3.97. The largest absolute Gasteiger partial charge is 0.377 e. The molecule has 0 aliphatic rings. The van der Waals surface area contributed by atoms with Gasteiger partial charge < -0.3 is 4.74 Å². The van der Waals surface area contributed by atoms with E-state index in [1.54, 1.807) is 7.11 Å². The van der Waals surface area contributed by atoms with E-state index in [1.807, 2.05) is 13.8 Å². The van der Waals surface area contributed by atoms with Crippen LogP contribution in [0.25, 0.3) is 0 Å². The fourth-order valence-corrected chi connectivity index (χ4v) is 0.863. The van der Waals surface area contributed by atoms with Crippen molar-refractivity contribution in [3.8, 4) is 0 Å². The topological polar surface area (TPSA) is 57.0 Å². The molecule has 13 heavy (non-hydrogen) atoms. The summed E-state index contributed by atoms with van der Waals surface area (Å²) in [5, 5.41) is 3.95. The second-order valence-corrected chi connectivity index (χ2v) is 3.03. The van der Waals surface area contributed by atoms with Crippen molar-refractivity contribution in [2.24, 2.45) is 5.92 Å². The normalized spacial score (nSPS) is 10.8. The van der Waals surface area contributed by atoms with E-state index in [9.17, 15) is 4.79 Å². The maximum absolute atomic E-state index is 11.4. The second kappa shape index (κ2) is 4.13. The van der Waals surface area contributed by atoms with Crippen molar-refractivity contribution >= 4 is 5.91 Å². The lowest BCUT2D eigenvalue weighted by atomic mass is 10.2. The Morgan fingerprint density at radius 3 is 2.92 bits per heavy atom. The Bertz CT molecular complexity index is 293. The van der Waals surface area contributed by atoms with Gasteiger partial charge in [-0.1, -0.05) is 13.8 Å². The number of nitrogens with zero attached hydrogens (tertiary/aromatic N) is 3. The van der Waals surface area contributed by atoms with Gasteiger partial charge in [0.15, 0.2) is 5.82 Å². The number of ether oxygens (including phenoxy) is 1. The lowest BCUT2D eigenvalue weighted by molar-refractivity contribution is 0.0836. The van der Waals surface area contributed by atoms with Crippen LogP contribution in [0.3, 0.4) is 0 Å². The van der Waals surface area contributed by atoms with Crippen LogP contribution >= 0.6 is 0 Å². The first-order chi connectivity index (χ1) is 6.15. The first kappa shape index (κ1) is 9.85. The molecule has 1 aromatic heterocycles. The Morgan fingerprint density at radius 1 is 1.69 bits per heavy atom. The van der Waals surface area contributed by atoms with Crippen LogP contribution in [0.1, 0.15) is 24.5 Å². The number of carbonyl (C=O) groups excluding carboxylic acids is 1. The molecule has 0 bridgehead atoms. The number of aromatic nitrogens is 3. The summed E-state index contributed by atoms with van der Waals surface area (Å²) in [5.41, 5.74) is 0. The molecule has 0 fully saturated rings. The van der Waals surface area contributed by atoms with Gasteiger partial charge >= 0.3 is 0 Å². The molecular weight excluding hydrogens is 170 g/mol. The number of hydrogen-bond donors (Lipinski definition) is 0. The summed E-state index contributed by atoms with van der Waals surface area (Å²) < 4.78 is 6.08. The molecule has 1 rings (SSSR count). The highest BCUT2D eigenvalue weighted by molar-refractivity contribution is 5.79. The van der Waals surface area contributed by atoms with Gasteiger partial charge in [0.25, 0.3) is 5.91 Å². The molecule has 0 aliphatic carbocycles. The highest BCUT2D eigenvalue weighted by atomic mass is 16.5. The average molecular weight is 183 g/mol. The van der Waals surface area contributed by atoms with Crippen molar-refractivity contribution in [1.82, 2.24) is 14.8 Å². The van der Waals surface area contributed by atoms with Crippen LogP contribution in [-0.2, 0) is 11.3 Å². The molecule has 0 spiro atoms. The Balaban J connectivity index is 2.73. The predicted octanol–water partition coefficient (Wildman–Crippen LogP) is 0.721. The first-order valence-corrected chi connectivity index (χ1v) is 4.09. The molecule has 0 aromatic carbocycles. The predicted molar refractivity (Wildman–Crippen MR) is 46.2 cm³/mol. The number of rotatable bonds is 3. The highest BCUT2D eigenvalue weighted by Gasteiger charge is 2.11. The lowest BCUT2D eigenvalue weighted by Crippen LogP contribution is -2.17. The van der Waals surface area contributed by atoms with E-state index in [-0.39, 0.29) is 11.8 Å². The Kier molecular flexibility index (Phi) is 3.13. The molecule has 1 aromatic rings. The van der Waals surface area contributed by atoms with E-state index in [2.05, 4.69) is 10.1 Å². The monoisotopic (exact) mass is 183 g/mol. The van der Waals surface area contributed by atoms with E-state index >= 15 is 0 Å². The number of methoxy groups -OCH3 is 1.